The number of aliphatic hydroxyl groups is 1. The molecule has 1 rings (SSSR count). The lowest BCUT2D eigenvalue weighted by Crippen LogP contribution is -2.57. The first-order valence-corrected chi connectivity index (χ1v) is 9.79. The average Bonchev–Trinajstić information content (AvgIpc) is 2.26. The third-order valence-electron chi connectivity index (χ3n) is 4.40. The van der Waals surface area contributed by atoms with Crippen LogP contribution in [0.15, 0.2) is 0 Å². The van der Waals surface area contributed by atoms with Gasteiger partial charge in [-0.05, 0) is 31.0 Å². The maximum Gasteiger partial charge on any atom is 0.407 e. The van der Waals surface area contributed by atoms with Crippen molar-refractivity contribution in [1.29, 1.82) is 0 Å². The Kier molecular flexibility index (Phi) is 5.03. The molecule has 1 aliphatic rings. The third-order valence-corrected chi connectivity index (χ3v) is 8.91. The van der Waals surface area contributed by atoms with Crippen LogP contribution in [0.3, 0.4) is 0 Å². The molecule has 1 fully saturated rings. The Hall–Kier alpha value is -0.593. The fourth-order valence-corrected chi connectivity index (χ4v) is 3.55. The molecule has 0 aromatic carbocycles. The van der Waals surface area contributed by atoms with Crippen molar-refractivity contribution in [2.24, 2.45) is 0 Å². The van der Waals surface area contributed by atoms with Crippen LogP contribution in [0.2, 0.25) is 18.1 Å². The van der Waals surface area contributed by atoms with Crippen molar-refractivity contribution in [3.05, 3.63) is 0 Å². The minimum absolute atomic E-state index is 0.0819. The Bertz CT molecular complexity index is 327. The monoisotopic (exact) mass is 289 g/mol. The van der Waals surface area contributed by atoms with E-state index in [4.69, 9.17) is 4.43 Å². The molecular formula is C13H27NO4Si. The van der Waals surface area contributed by atoms with Gasteiger partial charge in [0.25, 0.3) is 0 Å². The Morgan fingerprint density at radius 3 is 2.42 bits per heavy atom. The van der Waals surface area contributed by atoms with Crippen molar-refractivity contribution < 1.29 is 19.4 Å². The minimum Gasteiger partial charge on any atom is -0.465 e. The van der Waals surface area contributed by atoms with Crippen molar-refractivity contribution in [2.45, 2.75) is 63.9 Å². The van der Waals surface area contributed by atoms with E-state index in [1.54, 1.807) is 0 Å². The molecule has 112 valence electrons. The molecule has 0 aromatic rings. The van der Waals surface area contributed by atoms with Gasteiger partial charge in [0.1, 0.15) is 0 Å². The smallest absolute Gasteiger partial charge is 0.407 e. The number of rotatable bonds is 3. The molecule has 0 aliphatic carbocycles. The van der Waals surface area contributed by atoms with Gasteiger partial charge in [0, 0.05) is 6.54 Å². The lowest BCUT2D eigenvalue weighted by atomic mass is 10.0. The highest BCUT2D eigenvalue weighted by Crippen LogP contribution is 2.39. The molecule has 6 heteroatoms. The molecule has 0 unspecified atom stereocenters. The molecule has 1 saturated heterocycles. The second kappa shape index (κ2) is 5.81. The number of likely N-dealkylation sites (tertiary alicyclic amines) is 1. The topological polar surface area (TPSA) is 70.0 Å². The van der Waals surface area contributed by atoms with E-state index >= 15 is 0 Å². The molecule has 5 nitrogen and oxygen atoms in total. The summed E-state index contributed by atoms with van der Waals surface area (Å²) in [6.45, 7) is 11.1. The molecule has 0 saturated carbocycles. The minimum atomic E-state index is -1.95. The summed E-state index contributed by atoms with van der Waals surface area (Å²) < 4.78 is 6.30. The zero-order valence-corrected chi connectivity index (χ0v) is 13.6. The summed E-state index contributed by atoms with van der Waals surface area (Å²) in [6.07, 6.45) is 0.460. The molecule has 19 heavy (non-hydrogen) atoms. The van der Waals surface area contributed by atoms with E-state index in [2.05, 4.69) is 33.9 Å². The zero-order chi connectivity index (χ0) is 14.8. The number of amides is 1. The SMILES string of the molecule is CC(C)(C)[Si](C)(C)O[C@H]1CCCN(C(=O)O)[C@@H]1CO. The first-order chi connectivity index (χ1) is 8.60. The fraction of sp³-hybridized carbons (Fsp3) is 0.923. The number of hydrogen-bond donors (Lipinski definition) is 2. The first-order valence-electron chi connectivity index (χ1n) is 6.88. The highest BCUT2D eigenvalue weighted by Gasteiger charge is 2.43. The Morgan fingerprint density at radius 1 is 1.42 bits per heavy atom. The first kappa shape index (κ1) is 16.5. The number of carboxylic acid groups (broad SMARTS) is 1. The van der Waals surface area contributed by atoms with E-state index in [-0.39, 0.29) is 17.7 Å². The van der Waals surface area contributed by atoms with Gasteiger partial charge < -0.3 is 19.5 Å². The highest BCUT2D eigenvalue weighted by molar-refractivity contribution is 6.74. The zero-order valence-electron chi connectivity index (χ0n) is 12.6. The van der Waals surface area contributed by atoms with Crippen LogP contribution < -0.4 is 0 Å². The molecule has 0 spiro atoms. The molecular weight excluding hydrogens is 262 g/mol. The van der Waals surface area contributed by atoms with Gasteiger partial charge in [-0.25, -0.2) is 4.79 Å². The summed E-state index contributed by atoms with van der Waals surface area (Å²) in [6, 6.07) is -0.430. The van der Waals surface area contributed by atoms with Crippen LogP contribution in [-0.4, -0.2) is 54.8 Å². The second-order valence-electron chi connectivity index (χ2n) is 6.78. The number of carbonyl (C=O) groups is 1. The standard InChI is InChI=1S/C13H27NO4Si/c1-13(2,3)19(4,5)18-11-7-6-8-14(12(16)17)10(11)9-15/h10-11,15H,6-9H2,1-5H3,(H,16,17)/t10-,11+/m1/s1. The molecule has 1 heterocycles. The Morgan fingerprint density at radius 2 is 2.00 bits per heavy atom. The van der Waals surface area contributed by atoms with Gasteiger partial charge in [0.15, 0.2) is 8.32 Å². The number of piperidine rings is 1. The summed E-state index contributed by atoms with van der Waals surface area (Å²) in [5.41, 5.74) is 0. The predicted molar refractivity (Wildman–Crippen MR) is 76.9 cm³/mol. The molecule has 0 aromatic heterocycles. The Labute approximate surface area is 116 Å². The van der Waals surface area contributed by atoms with Crippen molar-refractivity contribution in [2.75, 3.05) is 13.2 Å². The molecule has 0 radical (unpaired) electrons. The third kappa shape index (κ3) is 3.70. The van der Waals surface area contributed by atoms with Crippen LogP contribution in [0.1, 0.15) is 33.6 Å². The largest absolute Gasteiger partial charge is 0.465 e. The summed E-state index contributed by atoms with van der Waals surface area (Å²) in [7, 11) is -1.95. The highest BCUT2D eigenvalue weighted by atomic mass is 28.4. The van der Waals surface area contributed by atoms with E-state index in [1.165, 1.54) is 4.90 Å². The molecule has 1 amide bonds. The van der Waals surface area contributed by atoms with Crippen molar-refractivity contribution >= 4 is 14.4 Å². The summed E-state index contributed by atoms with van der Waals surface area (Å²) in [5, 5.41) is 18.8. The number of nitrogens with zero attached hydrogens (tertiary/aromatic N) is 1. The summed E-state index contributed by atoms with van der Waals surface area (Å²) in [4.78, 5) is 12.5. The van der Waals surface area contributed by atoms with Gasteiger partial charge in [0.2, 0.25) is 0 Å². The normalized spacial score (nSPS) is 25.5. The van der Waals surface area contributed by atoms with Gasteiger partial charge in [-0.2, -0.15) is 0 Å². The van der Waals surface area contributed by atoms with E-state index in [0.717, 1.165) is 12.8 Å². The van der Waals surface area contributed by atoms with Crippen molar-refractivity contribution in [3.8, 4) is 0 Å². The fourth-order valence-electron chi connectivity index (χ4n) is 2.17. The number of hydrogen-bond acceptors (Lipinski definition) is 3. The van der Waals surface area contributed by atoms with Crippen LogP contribution in [-0.2, 0) is 4.43 Å². The lowest BCUT2D eigenvalue weighted by Gasteiger charge is -2.45. The predicted octanol–water partition coefficient (Wildman–Crippen LogP) is 2.51. The summed E-state index contributed by atoms with van der Waals surface area (Å²) in [5.74, 6) is 0. The maximum absolute atomic E-state index is 11.2. The van der Waals surface area contributed by atoms with Crippen LogP contribution in [0.5, 0.6) is 0 Å². The van der Waals surface area contributed by atoms with Gasteiger partial charge in [-0.3, -0.25) is 0 Å². The molecule has 2 N–H and O–H groups in total. The van der Waals surface area contributed by atoms with Crippen molar-refractivity contribution in [3.63, 3.8) is 0 Å². The van der Waals surface area contributed by atoms with Gasteiger partial charge in [0.05, 0.1) is 18.8 Å². The maximum atomic E-state index is 11.2. The van der Waals surface area contributed by atoms with E-state index in [1.807, 2.05) is 0 Å². The van der Waals surface area contributed by atoms with Crippen LogP contribution in [0.25, 0.3) is 0 Å². The lowest BCUT2D eigenvalue weighted by molar-refractivity contribution is -0.00183. The Balaban J connectivity index is 2.84. The molecule has 0 bridgehead atoms. The van der Waals surface area contributed by atoms with Crippen LogP contribution in [0.4, 0.5) is 4.79 Å². The van der Waals surface area contributed by atoms with Crippen LogP contribution >= 0.6 is 0 Å². The van der Waals surface area contributed by atoms with Gasteiger partial charge in [-0.15, -0.1) is 0 Å². The molecule has 1 aliphatic heterocycles. The quantitative estimate of drug-likeness (QED) is 0.783. The van der Waals surface area contributed by atoms with E-state index in [9.17, 15) is 15.0 Å². The van der Waals surface area contributed by atoms with E-state index in [0.29, 0.717) is 6.54 Å². The summed E-state index contributed by atoms with van der Waals surface area (Å²) >= 11 is 0. The van der Waals surface area contributed by atoms with Crippen molar-refractivity contribution in [1.82, 2.24) is 4.90 Å². The van der Waals surface area contributed by atoms with Gasteiger partial charge in [-0.1, -0.05) is 20.8 Å². The molecule has 2 atom stereocenters. The average molecular weight is 289 g/mol. The van der Waals surface area contributed by atoms with Crippen LogP contribution in [0, 0.1) is 0 Å². The van der Waals surface area contributed by atoms with Gasteiger partial charge >= 0.3 is 6.09 Å². The second-order valence-corrected chi connectivity index (χ2v) is 11.5. The number of aliphatic hydroxyl groups excluding tert-OH is 1. The van der Waals surface area contributed by atoms with E-state index < -0.39 is 20.5 Å².